The van der Waals surface area contributed by atoms with Crippen molar-refractivity contribution in [2.24, 2.45) is 0 Å². The normalized spacial score (nSPS) is 12.7. The van der Waals surface area contributed by atoms with Gasteiger partial charge in [-0.15, -0.1) is 11.3 Å². The number of hydrogen-bond donors (Lipinski definition) is 1. The second-order valence-corrected chi connectivity index (χ2v) is 6.44. The topological polar surface area (TPSA) is 41.0 Å². The maximum atomic E-state index is 4.38. The molecule has 0 aliphatic heterocycles. The van der Waals surface area contributed by atoms with Gasteiger partial charge in [0.1, 0.15) is 17.0 Å². The van der Waals surface area contributed by atoms with Gasteiger partial charge in [-0.25, -0.2) is 9.97 Å². The number of fused-ring (bicyclic) bond motifs is 1. The van der Waals surface area contributed by atoms with Crippen molar-refractivity contribution in [3.63, 3.8) is 0 Å². The molecule has 114 valence electrons. The fraction of sp³-hybridized carbons (Fsp3) is 0.294. The molecule has 0 spiro atoms. The Morgan fingerprint density at radius 2 is 1.95 bits per heavy atom. The van der Waals surface area contributed by atoms with Gasteiger partial charge in [0.15, 0.2) is 0 Å². The van der Waals surface area contributed by atoms with Crippen LogP contribution in [0, 0.1) is 0 Å². The molecule has 1 atom stereocenters. The number of rotatable bonds is 6. The number of likely N-dealkylation sites (N-methyl/N-ethyl adjacent to an activating group) is 1. The third-order valence-corrected chi connectivity index (χ3v) is 4.63. The number of benzene rings is 1. The van der Waals surface area contributed by atoms with Gasteiger partial charge in [-0.05, 0) is 37.5 Å². The summed E-state index contributed by atoms with van der Waals surface area (Å²) >= 11 is 1.64. The summed E-state index contributed by atoms with van der Waals surface area (Å²) in [6.07, 6.45) is 2.64. The lowest BCUT2D eigenvalue weighted by Crippen LogP contribution is -2.36. The maximum absolute atomic E-state index is 4.38. The average Bonchev–Trinajstić information content (AvgIpc) is 3.01. The molecule has 0 amide bonds. The van der Waals surface area contributed by atoms with E-state index in [1.807, 2.05) is 0 Å². The molecule has 0 unspecified atom stereocenters. The molecule has 0 aliphatic carbocycles. The minimum Gasteiger partial charge on any atom is -0.368 e. The van der Waals surface area contributed by atoms with Crippen LogP contribution in [0.25, 0.3) is 10.2 Å². The van der Waals surface area contributed by atoms with Crippen LogP contribution in [0.2, 0.25) is 0 Å². The van der Waals surface area contributed by atoms with E-state index < -0.39 is 0 Å². The molecule has 5 heteroatoms. The Morgan fingerprint density at radius 3 is 2.73 bits per heavy atom. The summed E-state index contributed by atoms with van der Waals surface area (Å²) < 4.78 is 0. The Bertz CT molecular complexity index is 724. The number of hydrogen-bond acceptors (Lipinski definition) is 5. The van der Waals surface area contributed by atoms with Gasteiger partial charge in [0.05, 0.1) is 5.39 Å². The van der Waals surface area contributed by atoms with Crippen LogP contribution >= 0.6 is 11.3 Å². The van der Waals surface area contributed by atoms with Gasteiger partial charge < -0.3 is 10.2 Å². The lowest BCUT2D eigenvalue weighted by Gasteiger charge is -2.25. The molecule has 0 fully saturated rings. The zero-order valence-corrected chi connectivity index (χ0v) is 13.7. The van der Waals surface area contributed by atoms with E-state index in [1.165, 1.54) is 5.56 Å². The van der Waals surface area contributed by atoms with Crippen molar-refractivity contribution in [3.05, 3.63) is 53.7 Å². The Balaban J connectivity index is 1.70. The number of anilines is 1. The van der Waals surface area contributed by atoms with Crippen LogP contribution in [0.15, 0.2) is 48.1 Å². The number of nitrogens with zero attached hydrogens (tertiary/aromatic N) is 3. The molecule has 4 nitrogen and oxygen atoms in total. The lowest BCUT2D eigenvalue weighted by atomic mass is 10.1. The second-order valence-electron chi connectivity index (χ2n) is 5.55. The van der Waals surface area contributed by atoms with Gasteiger partial charge in [-0.2, -0.15) is 0 Å². The molecule has 1 aromatic carbocycles. The molecule has 3 aromatic rings. The monoisotopic (exact) mass is 312 g/mol. The van der Waals surface area contributed by atoms with Crippen LogP contribution in [-0.4, -0.2) is 41.5 Å². The fourth-order valence-corrected chi connectivity index (χ4v) is 3.20. The highest BCUT2D eigenvalue weighted by Crippen LogP contribution is 2.23. The van der Waals surface area contributed by atoms with Crippen molar-refractivity contribution >= 4 is 27.4 Å². The minimum absolute atomic E-state index is 0.408. The maximum Gasteiger partial charge on any atom is 0.138 e. The summed E-state index contributed by atoms with van der Waals surface area (Å²) in [7, 11) is 4.24. The Kier molecular flexibility index (Phi) is 4.65. The molecule has 0 bridgehead atoms. The van der Waals surface area contributed by atoms with Gasteiger partial charge in [-0.1, -0.05) is 30.3 Å². The molecule has 2 aromatic heterocycles. The zero-order valence-electron chi connectivity index (χ0n) is 12.9. The first-order valence-electron chi connectivity index (χ1n) is 7.36. The van der Waals surface area contributed by atoms with Crippen molar-refractivity contribution in [2.45, 2.75) is 12.5 Å². The molecule has 22 heavy (non-hydrogen) atoms. The van der Waals surface area contributed by atoms with Gasteiger partial charge in [0.25, 0.3) is 0 Å². The van der Waals surface area contributed by atoms with Crippen LogP contribution in [-0.2, 0) is 6.42 Å². The number of aromatic nitrogens is 2. The van der Waals surface area contributed by atoms with Crippen molar-refractivity contribution < 1.29 is 0 Å². The third-order valence-electron chi connectivity index (χ3n) is 3.81. The number of nitrogens with one attached hydrogen (secondary N) is 1. The molecule has 0 saturated heterocycles. The summed E-state index contributed by atoms with van der Waals surface area (Å²) in [4.78, 5) is 12.0. The highest BCUT2D eigenvalue weighted by atomic mass is 32.1. The minimum atomic E-state index is 0.408. The first-order valence-corrected chi connectivity index (χ1v) is 8.24. The summed E-state index contributed by atoms with van der Waals surface area (Å²) in [6, 6.07) is 13.1. The molecule has 0 radical (unpaired) electrons. The van der Waals surface area contributed by atoms with Gasteiger partial charge in [0, 0.05) is 12.6 Å². The fourth-order valence-electron chi connectivity index (χ4n) is 2.47. The van der Waals surface area contributed by atoms with Crippen molar-refractivity contribution in [1.82, 2.24) is 14.9 Å². The van der Waals surface area contributed by atoms with E-state index in [4.69, 9.17) is 0 Å². The van der Waals surface area contributed by atoms with Crippen LogP contribution < -0.4 is 5.32 Å². The predicted octanol–water partition coefficient (Wildman–Crippen LogP) is 3.28. The van der Waals surface area contributed by atoms with Gasteiger partial charge >= 0.3 is 0 Å². The Labute approximate surface area is 134 Å². The third kappa shape index (κ3) is 3.43. The highest BCUT2D eigenvalue weighted by Gasteiger charge is 2.13. The van der Waals surface area contributed by atoms with Crippen LogP contribution in [0.3, 0.4) is 0 Å². The Hall–Kier alpha value is -1.98. The van der Waals surface area contributed by atoms with E-state index in [-0.39, 0.29) is 0 Å². The molecule has 2 heterocycles. The van der Waals surface area contributed by atoms with Crippen LogP contribution in [0.1, 0.15) is 5.56 Å². The SMILES string of the molecule is CN(C)[C@@H](CNc1ncnc2sccc12)Cc1ccccc1. The van der Waals surface area contributed by atoms with Crippen LogP contribution in [0.4, 0.5) is 5.82 Å². The van der Waals surface area contributed by atoms with Crippen LogP contribution in [0.5, 0.6) is 0 Å². The molecule has 0 aliphatic rings. The zero-order chi connectivity index (χ0) is 15.4. The van der Waals surface area contributed by atoms with E-state index in [9.17, 15) is 0 Å². The quantitative estimate of drug-likeness (QED) is 0.758. The molecule has 3 rings (SSSR count). The van der Waals surface area contributed by atoms with E-state index in [0.717, 1.165) is 29.0 Å². The average molecular weight is 312 g/mol. The van der Waals surface area contributed by atoms with E-state index in [1.54, 1.807) is 17.7 Å². The second kappa shape index (κ2) is 6.85. The van der Waals surface area contributed by atoms with Crippen molar-refractivity contribution in [3.8, 4) is 0 Å². The lowest BCUT2D eigenvalue weighted by molar-refractivity contribution is 0.303. The predicted molar refractivity (Wildman–Crippen MR) is 93.5 cm³/mol. The van der Waals surface area contributed by atoms with E-state index >= 15 is 0 Å². The molecule has 0 saturated carbocycles. The summed E-state index contributed by atoms with van der Waals surface area (Å²) in [5, 5.41) is 6.64. The van der Waals surface area contributed by atoms with E-state index in [2.05, 4.69) is 76.1 Å². The molecular formula is C17H20N4S. The van der Waals surface area contributed by atoms with Gasteiger partial charge in [-0.3, -0.25) is 0 Å². The van der Waals surface area contributed by atoms with Gasteiger partial charge in [0.2, 0.25) is 0 Å². The highest BCUT2D eigenvalue weighted by molar-refractivity contribution is 7.16. The summed E-state index contributed by atoms with van der Waals surface area (Å²) in [5.74, 6) is 0.922. The largest absolute Gasteiger partial charge is 0.368 e. The summed E-state index contributed by atoms with van der Waals surface area (Å²) in [5.41, 5.74) is 1.35. The molecular weight excluding hydrogens is 292 g/mol. The smallest absolute Gasteiger partial charge is 0.138 e. The standard InChI is InChI=1S/C17H20N4S/c1-21(2)14(10-13-6-4-3-5-7-13)11-18-16-15-8-9-22-17(15)20-12-19-16/h3-9,12,14H,10-11H2,1-2H3,(H,18,19,20)/t14-/m1/s1. The molecule has 1 N–H and O–H groups in total. The number of thiophene rings is 1. The first-order chi connectivity index (χ1) is 10.7. The summed E-state index contributed by atoms with van der Waals surface area (Å²) in [6.45, 7) is 0.851. The Morgan fingerprint density at radius 1 is 1.14 bits per heavy atom. The van der Waals surface area contributed by atoms with Crippen molar-refractivity contribution in [1.29, 1.82) is 0 Å². The van der Waals surface area contributed by atoms with E-state index in [0.29, 0.717) is 6.04 Å². The van der Waals surface area contributed by atoms with Crippen molar-refractivity contribution in [2.75, 3.05) is 26.0 Å². The first kappa shape index (κ1) is 14.9.